The van der Waals surface area contributed by atoms with Crippen molar-refractivity contribution in [2.45, 2.75) is 11.8 Å². The van der Waals surface area contributed by atoms with Gasteiger partial charge in [0.05, 0.1) is 17.8 Å². The summed E-state index contributed by atoms with van der Waals surface area (Å²) >= 11 is 1.39. The monoisotopic (exact) mass is 326 g/mol. The highest BCUT2D eigenvalue weighted by atomic mass is 32.2. The normalized spacial score (nSPS) is 10.5. The number of nitrogens with zero attached hydrogens (tertiary/aromatic N) is 3. The van der Waals surface area contributed by atoms with Crippen molar-refractivity contribution < 1.29 is 9.21 Å². The fourth-order valence-corrected chi connectivity index (χ4v) is 2.21. The van der Waals surface area contributed by atoms with E-state index in [-0.39, 0.29) is 5.91 Å². The van der Waals surface area contributed by atoms with Crippen molar-refractivity contribution >= 4 is 17.7 Å². The molecule has 23 heavy (non-hydrogen) atoms. The first kappa shape index (κ1) is 15.2. The van der Waals surface area contributed by atoms with E-state index < -0.39 is 0 Å². The molecule has 3 rings (SSSR count). The second kappa shape index (κ2) is 7.06. The van der Waals surface area contributed by atoms with Gasteiger partial charge < -0.3 is 9.73 Å². The van der Waals surface area contributed by atoms with Gasteiger partial charge in [-0.15, -0.1) is 10.2 Å². The molecule has 0 atom stereocenters. The van der Waals surface area contributed by atoms with Crippen LogP contribution in [0.3, 0.4) is 0 Å². The van der Waals surface area contributed by atoms with Gasteiger partial charge in [0, 0.05) is 11.8 Å². The number of pyridine rings is 1. The molecular weight excluding hydrogens is 312 g/mol. The molecule has 2 aromatic heterocycles. The number of amides is 1. The van der Waals surface area contributed by atoms with Gasteiger partial charge in [0.15, 0.2) is 0 Å². The lowest BCUT2D eigenvalue weighted by molar-refractivity contribution is 0.0950. The SMILES string of the molecule is CSc1nnc(-c2ccc(CNC(=O)c3ccccc3)nc2)o1. The number of hydrogen-bond acceptors (Lipinski definition) is 6. The highest BCUT2D eigenvalue weighted by Gasteiger charge is 2.09. The van der Waals surface area contributed by atoms with E-state index in [1.165, 1.54) is 11.8 Å². The molecule has 0 aliphatic carbocycles. The lowest BCUT2D eigenvalue weighted by Gasteiger charge is -2.05. The number of carbonyl (C=O) groups is 1. The molecule has 7 heteroatoms. The third-order valence-electron chi connectivity index (χ3n) is 3.12. The third kappa shape index (κ3) is 3.75. The predicted octanol–water partition coefficient (Wildman–Crippen LogP) is 2.78. The smallest absolute Gasteiger partial charge is 0.276 e. The first-order valence-corrected chi connectivity index (χ1v) is 8.15. The standard InChI is InChI=1S/C16H14N4O2S/c1-23-16-20-19-15(22-16)12-7-8-13(17-9-12)10-18-14(21)11-5-3-2-4-6-11/h2-9H,10H2,1H3,(H,18,21). The van der Waals surface area contributed by atoms with Gasteiger partial charge in [-0.25, -0.2) is 0 Å². The molecular formula is C16H14N4O2S. The minimum atomic E-state index is -0.127. The number of aromatic nitrogens is 3. The zero-order valence-electron chi connectivity index (χ0n) is 12.4. The Hall–Kier alpha value is -2.67. The molecule has 0 aliphatic rings. The highest BCUT2D eigenvalue weighted by Crippen LogP contribution is 2.20. The van der Waals surface area contributed by atoms with Crippen molar-refractivity contribution in [3.8, 4) is 11.5 Å². The predicted molar refractivity (Wildman–Crippen MR) is 86.9 cm³/mol. The van der Waals surface area contributed by atoms with Gasteiger partial charge in [-0.3, -0.25) is 9.78 Å². The second-order valence-electron chi connectivity index (χ2n) is 4.66. The molecule has 0 bridgehead atoms. The fraction of sp³-hybridized carbons (Fsp3) is 0.125. The Labute approximate surface area is 137 Å². The Kier molecular flexibility index (Phi) is 4.68. The number of rotatable bonds is 5. The van der Waals surface area contributed by atoms with Gasteiger partial charge in [-0.05, 0) is 30.5 Å². The van der Waals surface area contributed by atoms with Crippen LogP contribution in [0, 0.1) is 0 Å². The quantitative estimate of drug-likeness (QED) is 0.726. The summed E-state index contributed by atoms with van der Waals surface area (Å²) in [6.07, 6.45) is 3.52. The minimum Gasteiger partial charge on any atom is -0.411 e. The number of nitrogens with one attached hydrogen (secondary N) is 1. The molecule has 116 valence electrons. The lowest BCUT2D eigenvalue weighted by Crippen LogP contribution is -2.23. The Morgan fingerprint density at radius 1 is 1.17 bits per heavy atom. The van der Waals surface area contributed by atoms with Crippen molar-refractivity contribution in [1.29, 1.82) is 0 Å². The van der Waals surface area contributed by atoms with Crippen molar-refractivity contribution in [2.75, 3.05) is 6.26 Å². The molecule has 0 aliphatic heterocycles. The molecule has 2 heterocycles. The van der Waals surface area contributed by atoms with E-state index in [1.807, 2.05) is 36.6 Å². The van der Waals surface area contributed by atoms with Gasteiger partial charge in [0.2, 0.25) is 5.89 Å². The van der Waals surface area contributed by atoms with Gasteiger partial charge in [0.25, 0.3) is 11.1 Å². The van der Waals surface area contributed by atoms with Crippen LogP contribution < -0.4 is 5.32 Å². The molecule has 1 N–H and O–H groups in total. The zero-order chi connectivity index (χ0) is 16.1. The van der Waals surface area contributed by atoms with Crippen molar-refractivity contribution in [3.05, 3.63) is 59.9 Å². The van der Waals surface area contributed by atoms with Crippen LogP contribution in [-0.4, -0.2) is 27.3 Å². The van der Waals surface area contributed by atoms with Crippen LogP contribution >= 0.6 is 11.8 Å². The maximum absolute atomic E-state index is 12.0. The first-order valence-electron chi connectivity index (χ1n) is 6.92. The van der Waals surface area contributed by atoms with E-state index in [0.29, 0.717) is 23.2 Å². The van der Waals surface area contributed by atoms with Crippen molar-refractivity contribution in [2.24, 2.45) is 0 Å². The number of carbonyl (C=O) groups excluding carboxylic acids is 1. The lowest BCUT2D eigenvalue weighted by atomic mass is 10.2. The topological polar surface area (TPSA) is 80.9 Å². The van der Waals surface area contributed by atoms with E-state index in [0.717, 1.165) is 11.3 Å². The summed E-state index contributed by atoms with van der Waals surface area (Å²) in [4.78, 5) is 16.3. The maximum Gasteiger partial charge on any atom is 0.276 e. The molecule has 3 aromatic rings. The third-order valence-corrected chi connectivity index (χ3v) is 3.63. The molecule has 0 saturated heterocycles. The van der Waals surface area contributed by atoms with E-state index in [1.54, 1.807) is 18.3 Å². The Morgan fingerprint density at radius 2 is 2.00 bits per heavy atom. The molecule has 0 saturated carbocycles. The summed E-state index contributed by atoms with van der Waals surface area (Å²) in [5.41, 5.74) is 2.12. The average molecular weight is 326 g/mol. The van der Waals surface area contributed by atoms with E-state index in [2.05, 4.69) is 20.5 Å². The van der Waals surface area contributed by atoms with Crippen LogP contribution in [0.2, 0.25) is 0 Å². The van der Waals surface area contributed by atoms with E-state index in [4.69, 9.17) is 4.42 Å². The number of benzene rings is 1. The summed E-state index contributed by atoms with van der Waals surface area (Å²) in [5.74, 6) is 0.305. The molecule has 0 radical (unpaired) electrons. The Morgan fingerprint density at radius 3 is 2.65 bits per heavy atom. The summed E-state index contributed by atoms with van der Waals surface area (Å²) in [6.45, 7) is 0.355. The van der Waals surface area contributed by atoms with E-state index in [9.17, 15) is 4.79 Å². The molecule has 6 nitrogen and oxygen atoms in total. The fourth-order valence-electron chi connectivity index (χ4n) is 1.93. The molecule has 0 unspecified atom stereocenters. The van der Waals surface area contributed by atoms with Gasteiger partial charge in [-0.2, -0.15) is 0 Å². The Bertz CT molecular complexity index is 787. The molecule has 0 spiro atoms. The van der Waals surface area contributed by atoms with E-state index >= 15 is 0 Å². The van der Waals surface area contributed by atoms with Gasteiger partial charge >= 0.3 is 0 Å². The second-order valence-corrected chi connectivity index (χ2v) is 5.42. The van der Waals surface area contributed by atoms with Crippen LogP contribution in [0.4, 0.5) is 0 Å². The van der Waals surface area contributed by atoms with Gasteiger partial charge in [-0.1, -0.05) is 30.0 Å². The summed E-state index contributed by atoms with van der Waals surface area (Å²) in [7, 11) is 0. The van der Waals surface area contributed by atoms with Gasteiger partial charge in [0.1, 0.15) is 0 Å². The van der Waals surface area contributed by atoms with Crippen LogP contribution in [0.5, 0.6) is 0 Å². The van der Waals surface area contributed by atoms with Crippen molar-refractivity contribution in [3.63, 3.8) is 0 Å². The minimum absolute atomic E-state index is 0.127. The molecule has 1 aromatic carbocycles. The first-order chi connectivity index (χ1) is 11.3. The summed E-state index contributed by atoms with van der Waals surface area (Å²) < 4.78 is 5.45. The van der Waals surface area contributed by atoms with Crippen LogP contribution in [0.25, 0.3) is 11.5 Å². The summed E-state index contributed by atoms with van der Waals surface area (Å²) in [6, 6.07) is 12.7. The van der Waals surface area contributed by atoms with Crippen LogP contribution in [0.1, 0.15) is 16.1 Å². The van der Waals surface area contributed by atoms with Crippen molar-refractivity contribution in [1.82, 2.24) is 20.5 Å². The average Bonchev–Trinajstić information content (AvgIpc) is 3.10. The van der Waals surface area contributed by atoms with Crippen LogP contribution in [0.15, 0.2) is 58.3 Å². The van der Waals surface area contributed by atoms with Crippen LogP contribution in [-0.2, 0) is 6.54 Å². The number of hydrogen-bond donors (Lipinski definition) is 1. The Balaban J connectivity index is 1.62. The summed E-state index contributed by atoms with van der Waals surface area (Å²) in [5, 5.41) is 11.2. The maximum atomic E-state index is 12.0. The molecule has 0 fully saturated rings. The molecule has 1 amide bonds. The zero-order valence-corrected chi connectivity index (χ0v) is 13.2. The highest BCUT2D eigenvalue weighted by molar-refractivity contribution is 7.98. The largest absolute Gasteiger partial charge is 0.411 e. The number of thioether (sulfide) groups is 1.